The van der Waals surface area contributed by atoms with Crippen molar-refractivity contribution < 1.29 is 14.3 Å². The molecule has 0 spiro atoms. The lowest BCUT2D eigenvalue weighted by atomic mass is 10.0. The first-order valence-electron chi connectivity index (χ1n) is 8.42. The monoisotopic (exact) mass is 339 g/mol. The molecule has 0 aliphatic heterocycles. The Labute approximate surface area is 149 Å². The Morgan fingerprint density at radius 3 is 2.00 bits per heavy atom. The lowest BCUT2D eigenvalue weighted by Crippen LogP contribution is -2.44. The first kappa shape index (κ1) is 18.7. The molecule has 0 saturated heterocycles. The van der Waals surface area contributed by atoms with Crippen LogP contribution in [0.3, 0.4) is 0 Å². The van der Waals surface area contributed by atoms with Crippen LogP contribution in [0, 0.1) is 0 Å². The van der Waals surface area contributed by atoms with Crippen molar-refractivity contribution in [2.24, 2.45) is 0 Å². The van der Waals surface area contributed by atoms with Crippen LogP contribution in [0.25, 0.3) is 0 Å². The van der Waals surface area contributed by atoms with Gasteiger partial charge in [0.25, 0.3) is 0 Å². The molecule has 2 rings (SSSR count). The van der Waals surface area contributed by atoms with Crippen molar-refractivity contribution in [1.29, 1.82) is 0 Å². The summed E-state index contributed by atoms with van der Waals surface area (Å²) >= 11 is 0. The zero-order chi connectivity index (χ0) is 18.3. The van der Waals surface area contributed by atoms with Gasteiger partial charge in [-0.3, -0.25) is 4.90 Å². The molecule has 0 saturated carbocycles. The van der Waals surface area contributed by atoms with E-state index < -0.39 is 17.7 Å². The molecule has 1 unspecified atom stereocenters. The van der Waals surface area contributed by atoms with Gasteiger partial charge in [0.05, 0.1) is 6.04 Å². The maximum Gasteiger partial charge on any atom is 0.411 e. The first-order chi connectivity index (χ1) is 11.9. The van der Waals surface area contributed by atoms with E-state index in [1.165, 1.54) is 4.90 Å². The molecule has 0 bridgehead atoms. The number of nitrogens with zero attached hydrogens (tertiary/aromatic N) is 1. The lowest BCUT2D eigenvalue weighted by Gasteiger charge is -2.31. The van der Waals surface area contributed by atoms with Gasteiger partial charge in [-0.05, 0) is 38.3 Å². The topological polar surface area (TPSA) is 46.6 Å². The Morgan fingerprint density at radius 1 is 1.00 bits per heavy atom. The summed E-state index contributed by atoms with van der Waals surface area (Å²) in [4.78, 5) is 26.0. The van der Waals surface area contributed by atoms with Gasteiger partial charge in [-0.15, -0.1) is 0 Å². The van der Waals surface area contributed by atoms with Gasteiger partial charge in [0.1, 0.15) is 11.9 Å². The zero-order valence-corrected chi connectivity index (χ0v) is 15.0. The number of amides is 1. The second-order valence-electron chi connectivity index (χ2n) is 6.99. The molecule has 1 atom stereocenters. The number of aldehydes is 1. The van der Waals surface area contributed by atoms with Gasteiger partial charge < -0.3 is 9.53 Å². The van der Waals surface area contributed by atoms with Crippen LogP contribution in [0.1, 0.15) is 31.9 Å². The van der Waals surface area contributed by atoms with E-state index in [-0.39, 0.29) is 0 Å². The van der Waals surface area contributed by atoms with E-state index in [1.54, 1.807) is 0 Å². The number of hydrogen-bond acceptors (Lipinski definition) is 3. The Morgan fingerprint density at radius 2 is 1.52 bits per heavy atom. The average molecular weight is 339 g/mol. The van der Waals surface area contributed by atoms with Crippen molar-refractivity contribution >= 4 is 12.4 Å². The molecule has 4 heteroatoms. The smallest absolute Gasteiger partial charge is 0.411 e. The SMILES string of the molecule is CC(C)(C)OC(=O)N(Cc1ccccc1)C(C=O)Cc1ccccc1. The quantitative estimate of drug-likeness (QED) is 0.740. The van der Waals surface area contributed by atoms with Crippen molar-refractivity contribution in [3.63, 3.8) is 0 Å². The fourth-order valence-corrected chi connectivity index (χ4v) is 2.51. The minimum Gasteiger partial charge on any atom is -0.444 e. The number of carbonyl (C=O) groups excluding carboxylic acids is 2. The van der Waals surface area contributed by atoms with Gasteiger partial charge in [-0.2, -0.15) is 0 Å². The van der Waals surface area contributed by atoms with E-state index in [1.807, 2.05) is 81.4 Å². The van der Waals surface area contributed by atoms with E-state index in [4.69, 9.17) is 4.74 Å². The van der Waals surface area contributed by atoms with Gasteiger partial charge in [0.2, 0.25) is 0 Å². The molecule has 0 aliphatic rings. The highest BCUT2D eigenvalue weighted by atomic mass is 16.6. The Hall–Kier alpha value is -2.62. The molecule has 25 heavy (non-hydrogen) atoms. The third-order valence-corrected chi connectivity index (χ3v) is 3.67. The molecule has 0 fully saturated rings. The third-order valence-electron chi connectivity index (χ3n) is 3.67. The van der Waals surface area contributed by atoms with E-state index in [0.29, 0.717) is 13.0 Å². The summed E-state index contributed by atoms with van der Waals surface area (Å²) < 4.78 is 5.52. The van der Waals surface area contributed by atoms with Crippen LogP contribution in [-0.4, -0.2) is 28.9 Å². The summed E-state index contributed by atoms with van der Waals surface area (Å²) in [5.74, 6) is 0. The summed E-state index contributed by atoms with van der Waals surface area (Å²) in [6.45, 7) is 5.78. The molecule has 2 aromatic rings. The van der Waals surface area contributed by atoms with Crippen LogP contribution in [-0.2, 0) is 22.5 Å². The highest BCUT2D eigenvalue weighted by Crippen LogP contribution is 2.17. The molecule has 0 aromatic heterocycles. The molecular formula is C21H25NO3. The number of benzene rings is 2. The highest BCUT2D eigenvalue weighted by molar-refractivity contribution is 5.74. The predicted octanol–water partition coefficient (Wildman–Crippen LogP) is 4.23. The minimum atomic E-state index is -0.619. The van der Waals surface area contributed by atoms with Crippen molar-refractivity contribution in [3.8, 4) is 0 Å². The molecule has 1 amide bonds. The van der Waals surface area contributed by atoms with E-state index in [0.717, 1.165) is 17.4 Å². The Bertz CT molecular complexity index is 677. The largest absolute Gasteiger partial charge is 0.444 e. The van der Waals surface area contributed by atoms with Gasteiger partial charge in [-0.1, -0.05) is 60.7 Å². The van der Waals surface area contributed by atoms with Crippen LogP contribution in [0.15, 0.2) is 60.7 Å². The fraction of sp³-hybridized carbons (Fsp3) is 0.333. The van der Waals surface area contributed by atoms with Crippen LogP contribution in [0.5, 0.6) is 0 Å². The van der Waals surface area contributed by atoms with E-state index in [9.17, 15) is 9.59 Å². The van der Waals surface area contributed by atoms with Crippen LogP contribution < -0.4 is 0 Å². The van der Waals surface area contributed by atoms with Crippen molar-refractivity contribution in [2.75, 3.05) is 0 Å². The second-order valence-corrected chi connectivity index (χ2v) is 6.99. The van der Waals surface area contributed by atoms with Crippen molar-refractivity contribution in [1.82, 2.24) is 4.90 Å². The summed E-state index contributed by atoms with van der Waals surface area (Å²) in [5.41, 5.74) is 1.33. The van der Waals surface area contributed by atoms with E-state index in [2.05, 4.69) is 0 Å². The molecule has 2 aromatic carbocycles. The van der Waals surface area contributed by atoms with Crippen LogP contribution in [0.2, 0.25) is 0 Å². The maximum atomic E-state index is 12.7. The summed E-state index contributed by atoms with van der Waals surface area (Å²) in [5, 5.41) is 0. The number of rotatable bonds is 6. The van der Waals surface area contributed by atoms with Gasteiger partial charge >= 0.3 is 6.09 Å². The fourth-order valence-electron chi connectivity index (χ4n) is 2.51. The normalized spacial score (nSPS) is 12.3. The molecule has 0 aliphatic carbocycles. The highest BCUT2D eigenvalue weighted by Gasteiger charge is 2.28. The zero-order valence-electron chi connectivity index (χ0n) is 15.0. The summed E-state index contributed by atoms with van der Waals surface area (Å²) in [6.07, 6.45) is 0.792. The van der Waals surface area contributed by atoms with Crippen molar-refractivity contribution in [2.45, 2.75) is 45.4 Å². The lowest BCUT2D eigenvalue weighted by molar-refractivity contribution is -0.112. The Balaban J connectivity index is 2.24. The molecule has 0 radical (unpaired) electrons. The standard InChI is InChI=1S/C21H25NO3/c1-21(2,3)25-20(24)22(15-18-12-8-5-9-13-18)19(16-23)14-17-10-6-4-7-11-17/h4-13,16,19H,14-15H2,1-3H3. The van der Waals surface area contributed by atoms with Gasteiger partial charge in [0, 0.05) is 6.54 Å². The molecule has 132 valence electrons. The van der Waals surface area contributed by atoms with Crippen molar-refractivity contribution in [3.05, 3.63) is 71.8 Å². The minimum absolute atomic E-state index is 0.325. The number of carbonyl (C=O) groups is 2. The number of ether oxygens (including phenoxy) is 1. The van der Waals surface area contributed by atoms with Gasteiger partial charge in [0.15, 0.2) is 0 Å². The first-order valence-corrected chi connectivity index (χ1v) is 8.42. The van der Waals surface area contributed by atoms with Crippen LogP contribution >= 0.6 is 0 Å². The molecular weight excluding hydrogens is 314 g/mol. The average Bonchev–Trinajstić information content (AvgIpc) is 2.58. The summed E-state index contributed by atoms with van der Waals surface area (Å²) in [6, 6.07) is 18.7. The predicted molar refractivity (Wildman–Crippen MR) is 98.2 cm³/mol. The van der Waals surface area contributed by atoms with Crippen LogP contribution in [0.4, 0.5) is 4.79 Å². The summed E-state index contributed by atoms with van der Waals surface area (Å²) in [7, 11) is 0. The molecule has 0 N–H and O–H groups in total. The maximum absolute atomic E-state index is 12.7. The van der Waals surface area contributed by atoms with Gasteiger partial charge in [-0.25, -0.2) is 4.79 Å². The molecule has 0 heterocycles. The molecule has 4 nitrogen and oxygen atoms in total. The third kappa shape index (κ3) is 6.07. The second kappa shape index (κ2) is 8.47. The van der Waals surface area contributed by atoms with E-state index >= 15 is 0 Å². The number of hydrogen-bond donors (Lipinski definition) is 0. The Kier molecular flexibility index (Phi) is 6.34.